The Morgan fingerprint density at radius 2 is 1.82 bits per heavy atom. The van der Waals surface area contributed by atoms with Crippen LogP contribution < -0.4 is 0 Å². The minimum absolute atomic E-state index is 0. The molecule has 0 aliphatic carbocycles. The summed E-state index contributed by atoms with van der Waals surface area (Å²) < 4.78 is 1.40. The zero-order chi connectivity index (χ0) is 11.7. The molecule has 0 saturated carbocycles. The van der Waals surface area contributed by atoms with E-state index in [4.69, 9.17) is 28.3 Å². The van der Waals surface area contributed by atoms with Crippen LogP contribution in [0.25, 0.3) is 5.69 Å². The monoisotopic (exact) mass is 292 g/mol. The zero-order valence-electron chi connectivity index (χ0n) is 8.30. The number of carbonyl (C=O) groups is 1. The molecule has 90 valence electrons. The molecule has 0 fully saturated rings. The summed E-state index contributed by atoms with van der Waals surface area (Å²) in [4.78, 5) is 14.7. The van der Waals surface area contributed by atoms with Gasteiger partial charge in [0.05, 0.1) is 18.2 Å². The third-order valence-corrected chi connectivity index (χ3v) is 2.42. The van der Waals surface area contributed by atoms with Crippen molar-refractivity contribution < 1.29 is 9.90 Å². The maximum absolute atomic E-state index is 10.9. The van der Waals surface area contributed by atoms with Gasteiger partial charge in [0.1, 0.15) is 0 Å². The molecule has 0 spiro atoms. The van der Waals surface area contributed by atoms with Gasteiger partial charge in [-0.1, -0.05) is 23.2 Å². The maximum atomic E-state index is 10.9. The summed E-state index contributed by atoms with van der Waals surface area (Å²) in [5.74, 6) is -1.06. The summed E-state index contributed by atoms with van der Waals surface area (Å²) in [5, 5.41) is 9.80. The van der Waals surface area contributed by atoms with Crippen LogP contribution in [0.1, 0.15) is 10.5 Å². The van der Waals surface area contributed by atoms with E-state index in [1.54, 1.807) is 18.2 Å². The molecule has 2 aromatic rings. The highest BCUT2D eigenvalue weighted by atomic mass is 35.5. The first kappa shape index (κ1) is 13.8. The minimum atomic E-state index is -1.06. The minimum Gasteiger partial charge on any atom is -0.477 e. The average molecular weight is 294 g/mol. The molecule has 17 heavy (non-hydrogen) atoms. The second kappa shape index (κ2) is 5.40. The molecule has 1 N–H and O–H groups in total. The Kier molecular flexibility index (Phi) is 4.40. The van der Waals surface area contributed by atoms with Crippen LogP contribution in [0.5, 0.6) is 0 Å². The van der Waals surface area contributed by atoms with Crippen molar-refractivity contribution in [2.45, 2.75) is 0 Å². The molecule has 1 heterocycles. The number of halogens is 3. The molecular formula is C10H7Cl3N2O2. The Labute approximate surface area is 113 Å². The average Bonchev–Trinajstić information content (AvgIpc) is 2.63. The van der Waals surface area contributed by atoms with Gasteiger partial charge < -0.3 is 5.11 Å². The van der Waals surface area contributed by atoms with Crippen LogP contribution in [0.15, 0.2) is 30.7 Å². The normalized spacial score (nSPS) is 9.76. The lowest BCUT2D eigenvalue weighted by Gasteiger charge is -2.06. The van der Waals surface area contributed by atoms with Crippen LogP contribution in [-0.4, -0.2) is 20.6 Å². The van der Waals surface area contributed by atoms with E-state index in [-0.39, 0.29) is 18.1 Å². The number of benzene rings is 1. The van der Waals surface area contributed by atoms with Gasteiger partial charge in [0, 0.05) is 10.0 Å². The van der Waals surface area contributed by atoms with E-state index in [0.717, 1.165) is 0 Å². The lowest BCUT2D eigenvalue weighted by atomic mass is 10.3. The van der Waals surface area contributed by atoms with E-state index in [0.29, 0.717) is 15.7 Å². The largest absolute Gasteiger partial charge is 0.477 e. The standard InChI is InChI=1S/C10H6Cl2N2O2.ClH/c11-6-1-7(12)3-8(2-6)14-5-13-4-9(14)10(15)16;/h1-5H,(H,15,16);1H. The lowest BCUT2D eigenvalue weighted by molar-refractivity contribution is 0.0688. The van der Waals surface area contributed by atoms with E-state index in [1.165, 1.54) is 17.1 Å². The number of rotatable bonds is 2. The first-order chi connectivity index (χ1) is 7.58. The van der Waals surface area contributed by atoms with E-state index in [1.807, 2.05) is 0 Å². The third kappa shape index (κ3) is 2.91. The summed E-state index contributed by atoms with van der Waals surface area (Å²) >= 11 is 11.7. The Hall–Kier alpha value is -1.23. The molecule has 0 aliphatic rings. The van der Waals surface area contributed by atoms with E-state index in [2.05, 4.69) is 4.98 Å². The van der Waals surface area contributed by atoms with Crippen LogP contribution in [0.2, 0.25) is 10.0 Å². The molecule has 0 amide bonds. The van der Waals surface area contributed by atoms with Crippen LogP contribution in [-0.2, 0) is 0 Å². The summed E-state index contributed by atoms with van der Waals surface area (Å²) in [7, 11) is 0. The number of nitrogens with zero attached hydrogens (tertiary/aromatic N) is 2. The van der Waals surface area contributed by atoms with Crippen molar-refractivity contribution in [2.24, 2.45) is 0 Å². The van der Waals surface area contributed by atoms with Gasteiger partial charge in [-0.05, 0) is 18.2 Å². The van der Waals surface area contributed by atoms with Gasteiger partial charge in [-0.15, -0.1) is 12.4 Å². The van der Waals surface area contributed by atoms with Crippen molar-refractivity contribution >= 4 is 41.6 Å². The number of carboxylic acid groups (broad SMARTS) is 1. The Balaban J connectivity index is 0.00000144. The van der Waals surface area contributed by atoms with E-state index in [9.17, 15) is 4.79 Å². The molecule has 7 heteroatoms. The molecule has 0 radical (unpaired) electrons. The third-order valence-electron chi connectivity index (χ3n) is 1.98. The van der Waals surface area contributed by atoms with Crippen LogP contribution in [0.4, 0.5) is 0 Å². The van der Waals surface area contributed by atoms with Crippen LogP contribution in [0.3, 0.4) is 0 Å². The number of carboxylic acids is 1. The van der Waals surface area contributed by atoms with Gasteiger partial charge in [-0.25, -0.2) is 9.78 Å². The number of aromatic nitrogens is 2. The van der Waals surface area contributed by atoms with Gasteiger partial charge in [-0.2, -0.15) is 0 Å². The topological polar surface area (TPSA) is 55.1 Å². The molecular weight excluding hydrogens is 286 g/mol. The highest BCUT2D eigenvalue weighted by molar-refractivity contribution is 6.34. The fourth-order valence-corrected chi connectivity index (χ4v) is 1.85. The zero-order valence-corrected chi connectivity index (χ0v) is 10.6. The van der Waals surface area contributed by atoms with Gasteiger partial charge >= 0.3 is 5.97 Å². The highest BCUT2D eigenvalue weighted by Gasteiger charge is 2.11. The predicted molar refractivity (Wildman–Crippen MR) is 67.8 cm³/mol. The summed E-state index contributed by atoms with van der Waals surface area (Å²) in [6, 6.07) is 4.80. The second-order valence-electron chi connectivity index (χ2n) is 3.08. The van der Waals surface area contributed by atoms with Crippen molar-refractivity contribution in [3.05, 3.63) is 46.5 Å². The first-order valence-corrected chi connectivity index (χ1v) is 5.05. The number of imidazole rings is 1. The van der Waals surface area contributed by atoms with Gasteiger partial charge in [-0.3, -0.25) is 4.57 Å². The molecule has 1 aromatic carbocycles. The van der Waals surface area contributed by atoms with E-state index < -0.39 is 5.97 Å². The van der Waals surface area contributed by atoms with Gasteiger partial charge in [0.25, 0.3) is 0 Å². The highest BCUT2D eigenvalue weighted by Crippen LogP contribution is 2.22. The molecule has 1 aromatic heterocycles. The van der Waals surface area contributed by atoms with Gasteiger partial charge in [0.2, 0.25) is 0 Å². The number of aromatic carboxylic acids is 1. The summed E-state index contributed by atoms with van der Waals surface area (Å²) in [6.45, 7) is 0. The molecule has 0 saturated heterocycles. The molecule has 4 nitrogen and oxygen atoms in total. The molecule has 0 bridgehead atoms. The lowest BCUT2D eigenvalue weighted by Crippen LogP contribution is -2.05. The Morgan fingerprint density at radius 3 is 2.35 bits per heavy atom. The first-order valence-electron chi connectivity index (χ1n) is 4.30. The van der Waals surface area contributed by atoms with Crippen LogP contribution >= 0.6 is 35.6 Å². The fourth-order valence-electron chi connectivity index (χ4n) is 1.34. The smallest absolute Gasteiger partial charge is 0.354 e. The predicted octanol–water partition coefficient (Wildman–Crippen LogP) is 3.30. The van der Waals surface area contributed by atoms with Gasteiger partial charge in [0.15, 0.2) is 5.69 Å². The Bertz CT molecular complexity index is 534. The van der Waals surface area contributed by atoms with Crippen molar-refractivity contribution in [3.63, 3.8) is 0 Å². The Morgan fingerprint density at radius 1 is 1.24 bits per heavy atom. The van der Waals surface area contributed by atoms with Crippen LogP contribution in [0, 0.1) is 0 Å². The van der Waals surface area contributed by atoms with Crippen molar-refractivity contribution in [2.75, 3.05) is 0 Å². The van der Waals surface area contributed by atoms with E-state index >= 15 is 0 Å². The summed E-state index contributed by atoms with van der Waals surface area (Å²) in [6.07, 6.45) is 2.66. The second-order valence-corrected chi connectivity index (χ2v) is 3.95. The maximum Gasteiger partial charge on any atom is 0.354 e. The fraction of sp³-hybridized carbons (Fsp3) is 0. The molecule has 0 aliphatic heterocycles. The van der Waals surface area contributed by atoms with Crippen molar-refractivity contribution in [1.82, 2.24) is 9.55 Å². The molecule has 2 rings (SSSR count). The number of hydrogen-bond donors (Lipinski definition) is 1. The van der Waals surface area contributed by atoms with Crippen molar-refractivity contribution in [3.8, 4) is 5.69 Å². The molecule has 0 atom stereocenters. The SMILES string of the molecule is Cl.O=C(O)c1cncn1-c1cc(Cl)cc(Cl)c1. The van der Waals surface area contributed by atoms with Crippen molar-refractivity contribution in [1.29, 1.82) is 0 Å². The quantitative estimate of drug-likeness (QED) is 0.924. The summed E-state index contributed by atoms with van der Waals surface area (Å²) in [5.41, 5.74) is 0.616. The number of hydrogen-bond acceptors (Lipinski definition) is 2. The molecule has 0 unspecified atom stereocenters.